The summed E-state index contributed by atoms with van der Waals surface area (Å²) in [4.78, 5) is 23.3. The van der Waals surface area contributed by atoms with Gasteiger partial charge in [-0.05, 0) is 50.7 Å². The molecule has 0 aromatic heterocycles. The van der Waals surface area contributed by atoms with E-state index in [2.05, 4.69) is 16.2 Å². The van der Waals surface area contributed by atoms with Crippen molar-refractivity contribution in [3.05, 3.63) is 29.8 Å². The highest BCUT2D eigenvalue weighted by molar-refractivity contribution is 7.80. The van der Waals surface area contributed by atoms with Crippen molar-refractivity contribution in [1.29, 1.82) is 0 Å². The van der Waals surface area contributed by atoms with Gasteiger partial charge in [-0.25, -0.2) is 0 Å². The van der Waals surface area contributed by atoms with Crippen molar-refractivity contribution < 1.29 is 14.3 Å². The third-order valence-electron chi connectivity index (χ3n) is 2.49. The number of nitrogens with one attached hydrogen (secondary N) is 3. The number of rotatable bonds is 5. The van der Waals surface area contributed by atoms with Crippen LogP contribution in [0, 0.1) is 0 Å². The van der Waals surface area contributed by atoms with Crippen molar-refractivity contribution in [2.24, 2.45) is 0 Å². The van der Waals surface area contributed by atoms with Crippen molar-refractivity contribution in [3.8, 4) is 5.75 Å². The molecule has 0 aliphatic rings. The van der Waals surface area contributed by atoms with Crippen molar-refractivity contribution in [2.45, 2.75) is 39.7 Å². The molecule has 1 rings (SSSR count). The fraction of sp³-hybridized carbons (Fsp3) is 0.400. The molecule has 6 nitrogen and oxygen atoms in total. The minimum atomic E-state index is -0.378. The predicted molar refractivity (Wildman–Crippen MR) is 88.5 cm³/mol. The van der Waals surface area contributed by atoms with Gasteiger partial charge in [0, 0.05) is 12.0 Å². The maximum atomic E-state index is 12.1. The molecule has 0 aliphatic heterocycles. The Morgan fingerprint density at radius 2 is 2.00 bits per heavy atom. The molecule has 0 saturated carbocycles. The fourth-order valence-electron chi connectivity index (χ4n) is 1.61. The lowest BCUT2D eigenvalue weighted by Gasteiger charge is -2.12. The number of thiocarbonyl (C=S) groups is 1. The van der Waals surface area contributed by atoms with Gasteiger partial charge in [-0.2, -0.15) is 0 Å². The first kappa shape index (κ1) is 17.9. The zero-order valence-electron chi connectivity index (χ0n) is 12.9. The van der Waals surface area contributed by atoms with E-state index in [1.807, 2.05) is 20.8 Å². The van der Waals surface area contributed by atoms with Gasteiger partial charge in [0.05, 0.1) is 6.10 Å². The summed E-state index contributed by atoms with van der Waals surface area (Å²) in [6.45, 7) is 5.71. The van der Waals surface area contributed by atoms with E-state index in [4.69, 9.17) is 17.0 Å². The van der Waals surface area contributed by atoms with Crippen LogP contribution in [0.15, 0.2) is 24.3 Å². The number of carbonyl (C=O) groups is 2. The Balaban J connectivity index is 2.54. The largest absolute Gasteiger partial charge is 0.491 e. The summed E-state index contributed by atoms with van der Waals surface area (Å²) >= 11 is 4.95. The van der Waals surface area contributed by atoms with Crippen LogP contribution in [0.2, 0.25) is 0 Å². The third kappa shape index (κ3) is 6.53. The van der Waals surface area contributed by atoms with Crippen LogP contribution in [0.25, 0.3) is 0 Å². The number of hydrogen-bond donors (Lipinski definition) is 3. The summed E-state index contributed by atoms with van der Waals surface area (Å²) < 4.78 is 5.53. The van der Waals surface area contributed by atoms with Gasteiger partial charge < -0.3 is 4.74 Å². The Hall–Kier alpha value is -2.15. The maximum absolute atomic E-state index is 12.1. The summed E-state index contributed by atoms with van der Waals surface area (Å²) in [5.74, 6) is 0.0423. The summed E-state index contributed by atoms with van der Waals surface area (Å²) in [5, 5.41) is 2.52. The second kappa shape index (κ2) is 8.99. The van der Waals surface area contributed by atoms with Gasteiger partial charge in [0.2, 0.25) is 5.91 Å². The number of hydrogen-bond acceptors (Lipinski definition) is 4. The van der Waals surface area contributed by atoms with Gasteiger partial charge in [-0.3, -0.25) is 25.8 Å². The molecule has 1 aromatic carbocycles. The van der Waals surface area contributed by atoms with Crippen LogP contribution in [0.4, 0.5) is 0 Å². The first-order valence-corrected chi connectivity index (χ1v) is 7.50. The van der Waals surface area contributed by atoms with E-state index in [9.17, 15) is 9.59 Å². The lowest BCUT2D eigenvalue weighted by molar-refractivity contribution is -0.121. The van der Waals surface area contributed by atoms with E-state index in [1.54, 1.807) is 24.3 Å². The molecule has 0 saturated heterocycles. The van der Waals surface area contributed by atoms with Gasteiger partial charge in [-0.1, -0.05) is 13.0 Å². The molecule has 22 heavy (non-hydrogen) atoms. The minimum Gasteiger partial charge on any atom is -0.491 e. The van der Waals surface area contributed by atoms with Gasteiger partial charge in [0.15, 0.2) is 5.11 Å². The van der Waals surface area contributed by atoms with E-state index < -0.39 is 0 Å². The van der Waals surface area contributed by atoms with Crippen LogP contribution < -0.4 is 20.9 Å². The first-order valence-electron chi connectivity index (χ1n) is 7.09. The minimum absolute atomic E-state index is 0.0230. The monoisotopic (exact) mass is 323 g/mol. The van der Waals surface area contributed by atoms with Crippen LogP contribution in [0.1, 0.15) is 44.0 Å². The lowest BCUT2D eigenvalue weighted by atomic mass is 10.2. The smallest absolute Gasteiger partial charge is 0.257 e. The Kier molecular flexibility index (Phi) is 7.31. The molecule has 0 heterocycles. The quantitative estimate of drug-likeness (QED) is 0.570. The molecule has 0 bridgehead atoms. The van der Waals surface area contributed by atoms with Crippen LogP contribution in [-0.2, 0) is 4.79 Å². The van der Waals surface area contributed by atoms with Gasteiger partial charge in [0.25, 0.3) is 5.91 Å². The van der Waals surface area contributed by atoms with E-state index in [-0.39, 0.29) is 23.0 Å². The van der Waals surface area contributed by atoms with E-state index in [1.165, 1.54) is 0 Å². The molecule has 3 N–H and O–H groups in total. The van der Waals surface area contributed by atoms with Crippen molar-refractivity contribution in [1.82, 2.24) is 16.2 Å². The summed E-state index contributed by atoms with van der Waals surface area (Å²) in [6.07, 6.45) is 1.14. The third-order valence-corrected chi connectivity index (χ3v) is 2.69. The Labute approximate surface area is 135 Å². The van der Waals surface area contributed by atoms with Crippen molar-refractivity contribution >= 4 is 29.1 Å². The maximum Gasteiger partial charge on any atom is 0.257 e. The fourth-order valence-corrected chi connectivity index (χ4v) is 1.75. The Bertz CT molecular complexity index is 547. The highest BCUT2D eigenvalue weighted by Crippen LogP contribution is 2.14. The molecule has 1 aromatic rings. The molecule has 0 spiro atoms. The Morgan fingerprint density at radius 3 is 2.64 bits per heavy atom. The molecule has 120 valence electrons. The Morgan fingerprint density at radius 1 is 1.27 bits per heavy atom. The van der Waals surface area contributed by atoms with Crippen LogP contribution in [-0.4, -0.2) is 23.0 Å². The van der Waals surface area contributed by atoms with Crippen LogP contribution in [0.3, 0.4) is 0 Å². The van der Waals surface area contributed by atoms with Gasteiger partial charge in [-0.15, -0.1) is 0 Å². The van der Waals surface area contributed by atoms with Crippen molar-refractivity contribution in [2.75, 3.05) is 0 Å². The molecule has 0 aliphatic carbocycles. The summed E-state index contributed by atoms with van der Waals surface area (Å²) in [7, 11) is 0. The molecule has 7 heteroatoms. The number of hydrazine groups is 1. The van der Waals surface area contributed by atoms with Gasteiger partial charge >= 0.3 is 0 Å². The SMILES string of the molecule is CCCC(=O)NNC(=S)NC(=O)c1cccc(OC(C)C)c1. The average Bonchev–Trinajstić information content (AvgIpc) is 2.45. The van der Waals surface area contributed by atoms with E-state index in [0.29, 0.717) is 17.7 Å². The zero-order chi connectivity index (χ0) is 16.5. The van der Waals surface area contributed by atoms with Crippen LogP contribution >= 0.6 is 12.2 Å². The normalized spacial score (nSPS) is 10.0. The molecule has 0 fully saturated rings. The standard InChI is InChI=1S/C15H21N3O3S/c1-4-6-13(19)17-18-15(22)16-14(20)11-7-5-8-12(9-11)21-10(2)3/h5,7-10H,4,6H2,1-3H3,(H,17,19)(H2,16,18,20,22). The molecule has 0 radical (unpaired) electrons. The second-order valence-corrected chi connectivity index (χ2v) is 5.31. The summed E-state index contributed by atoms with van der Waals surface area (Å²) in [5.41, 5.74) is 5.31. The van der Waals surface area contributed by atoms with Gasteiger partial charge in [0.1, 0.15) is 5.75 Å². The number of amides is 2. The molecular formula is C15H21N3O3S. The highest BCUT2D eigenvalue weighted by atomic mass is 32.1. The average molecular weight is 323 g/mol. The van der Waals surface area contributed by atoms with Crippen LogP contribution in [0.5, 0.6) is 5.75 Å². The van der Waals surface area contributed by atoms with E-state index >= 15 is 0 Å². The number of ether oxygens (including phenoxy) is 1. The number of carbonyl (C=O) groups excluding carboxylic acids is 2. The molecule has 2 amide bonds. The summed E-state index contributed by atoms with van der Waals surface area (Å²) in [6, 6.07) is 6.79. The topological polar surface area (TPSA) is 79.5 Å². The number of benzene rings is 1. The zero-order valence-corrected chi connectivity index (χ0v) is 13.8. The second-order valence-electron chi connectivity index (χ2n) is 4.90. The molecule has 0 unspecified atom stereocenters. The molecule has 0 atom stereocenters. The van der Waals surface area contributed by atoms with Crippen molar-refractivity contribution in [3.63, 3.8) is 0 Å². The predicted octanol–water partition coefficient (Wildman–Crippen LogP) is 1.91. The lowest BCUT2D eigenvalue weighted by Crippen LogP contribution is -2.48. The molecular weight excluding hydrogens is 302 g/mol. The first-order chi connectivity index (χ1) is 10.4. The highest BCUT2D eigenvalue weighted by Gasteiger charge is 2.10. The van der Waals surface area contributed by atoms with E-state index in [0.717, 1.165) is 6.42 Å².